The number of carbonyl (C=O) groups excluding carboxylic acids is 1. The summed E-state index contributed by atoms with van der Waals surface area (Å²) in [7, 11) is 1.28. The van der Waals surface area contributed by atoms with Gasteiger partial charge in [0.05, 0.1) is 39.9 Å². The molecule has 0 heterocycles. The Kier molecular flexibility index (Phi) is 66.2. The predicted octanol–water partition coefficient (Wildman–Crippen LogP) is 23.7. The number of phosphoric ester groups is 1. The van der Waals surface area contributed by atoms with Crippen molar-refractivity contribution < 1.29 is 32.9 Å². The lowest BCUT2D eigenvalue weighted by Crippen LogP contribution is -2.45. The van der Waals surface area contributed by atoms with E-state index in [1.54, 1.807) is 6.08 Å². The Morgan fingerprint density at radius 3 is 1.03 bits per heavy atom. The quantitative estimate of drug-likeness (QED) is 0.0272. The van der Waals surface area contributed by atoms with Crippen LogP contribution in [0.3, 0.4) is 0 Å². The fourth-order valence-electron chi connectivity index (χ4n) is 11.4. The van der Waals surface area contributed by atoms with Crippen molar-refractivity contribution in [2.45, 2.75) is 386 Å². The number of rotatable bonds is 70. The van der Waals surface area contributed by atoms with Gasteiger partial charge in [0.1, 0.15) is 13.2 Å². The van der Waals surface area contributed by atoms with Gasteiger partial charge in [0.2, 0.25) is 5.91 Å². The number of amides is 1. The number of phosphoric acid groups is 1. The number of aliphatic hydroxyl groups excluding tert-OH is 1. The monoisotopic (exact) mass is 1230 g/mol. The van der Waals surface area contributed by atoms with Crippen LogP contribution < -0.4 is 10.2 Å². The first kappa shape index (κ1) is 84.2. The number of nitrogens with one attached hydrogen (secondary N) is 1. The van der Waals surface area contributed by atoms with Crippen LogP contribution in [0.2, 0.25) is 0 Å². The smallest absolute Gasteiger partial charge is 0.268 e. The van der Waals surface area contributed by atoms with Crippen LogP contribution in [0.25, 0.3) is 0 Å². The summed E-state index contributed by atoms with van der Waals surface area (Å²) < 4.78 is 23.5. The maximum atomic E-state index is 13.1. The number of hydrogen-bond donors (Lipinski definition) is 2. The van der Waals surface area contributed by atoms with E-state index in [9.17, 15) is 19.4 Å². The minimum Gasteiger partial charge on any atom is -0.756 e. The van der Waals surface area contributed by atoms with E-state index in [0.29, 0.717) is 17.4 Å². The third-order valence-electron chi connectivity index (χ3n) is 17.2. The van der Waals surface area contributed by atoms with Crippen LogP contribution in [0.5, 0.6) is 0 Å². The Labute approximate surface area is 536 Å². The van der Waals surface area contributed by atoms with Gasteiger partial charge in [-0.1, -0.05) is 370 Å². The van der Waals surface area contributed by atoms with Crippen LogP contribution >= 0.6 is 7.82 Å². The van der Waals surface area contributed by atoms with Gasteiger partial charge in [-0.25, -0.2) is 0 Å². The maximum Gasteiger partial charge on any atom is 0.268 e. The van der Waals surface area contributed by atoms with Crippen LogP contribution in [-0.2, 0) is 18.4 Å². The van der Waals surface area contributed by atoms with E-state index in [1.807, 2.05) is 27.2 Å². The molecule has 0 saturated carbocycles. The molecule has 0 aliphatic rings. The third-order valence-corrected chi connectivity index (χ3v) is 18.2. The standard InChI is InChI=1S/C77H147N2O6P/c1-6-8-10-12-14-16-18-20-22-24-26-28-30-32-33-34-35-36-37-38-39-40-41-42-43-44-45-47-49-51-53-55-57-59-61-63-65-67-69-71-77(81)78-75(74-85-86(82,83)84-73-72-79(3,4)5)76(80)70-68-66-64-62-60-58-56-54-52-50-48-46-31-29-27-25-23-21-19-17-15-13-11-9-7-2/h8,10,14,16,20,22,26,28,68,70,75-76,80H,6-7,9,11-13,15,17-19,21,23-25,27,29-67,69,71-74H2,1-5H3,(H-,78,81,82,83)/b10-8-,16-14-,22-20-,28-26-,70-68+. The zero-order valence-corrected chi connectivity index (χ0v) is 58.9. The van der Waals surface area contributed by atoms with Gasteiger partial charge in [0.15, 0.2) is 0 Å². The maximum absolute atomic E-state index is 13.1. The lowest BCUT2D eigenvalue weighted by Gasteiger charge is -2.29. The Morgan fingerprint density at radius 1 is 0.419 bits per heavy atom. The Morgan fingerprint density at radius 2 is 0.709 bits per heavy atom. The second-order valence-corrected chi connectivity index (χ2v) is 28.4. The first-order valence-corrected chi connectivity index (χ1v) is 39.1. The van der Waals surface area contributed by atoms with Crippen LogP contribution in [-0.4, -0.2) is 68.5 Å². The molecule has 0 aliphatic heterocycles. The number of likely N-dealkylation sites (N-methyl/N-ethyl adjacent to an activating group) is 1. The highest BCUT2D eigenvalue weighted by atomic mass is 31.2. The summed E-state index contributed by atoms with van der Waals surface area (Å²) in [6.07, 6.45) is 93.7. The molecule has 0 aromatic carbocycles. The van der Waals surface area contributed by atoms with Gasteiger partial charge in [-0.2, -0.15) is 0 Å². The molecule has 3 unspecified atom stereocenters. The van der Waals surface area contributed by atoms with E-state index in [2.05, 4.69) is 67.8 Å². The number of carbonyl (C=O) groups is 1. The van der Waals surface area contributed by atoms with Crippen LogP contribution in [0.15, 0.2) is 60.8 Å². The van der Waals surface area contributed by atoms with Crippen molar-refractivity contribution in [3.63, 3.8) is 0 Å². The average Bonchev–Trinajstić information content (AvgIpc) is 3.70. The lowest BCUT2D eigenvalue weighted by molar-refractivity contribution is -0.870. The van der Waals surface area contributed by atoms with E-state index >= 15 is 0 Å². The molecule has 0 bridgehead atoms. The molecule has 0 radical (unpaired) electrons. The molecule has 0 spiro atoms. The molecular formula is C77H147N2O6P. The SMILES string of the molecule is CC/C=C\C/C=C\C/C=C\C/C=C\CCCCCCCCCCCCCCCCCCCCCCCCCCCCC(=O)NC(COP(=O)([O-])OCC[N+](C)(C)C)C(O)/C=C/CCCCCCCCCCCCCCCCCCCCCCCCC. The molecule has 0 aliphatic carbocycles. The summed E-state index contributed by atoms with van der Waals surface area (Å²) in [6.45, 7) is 4.59. The zero-order chi connectivity index (χ0) is 62.6. The minimum atomic E-state index is -4.60. The topological polar surface area (TPSA) is 108 Å². The van der Waals surface area contributed by atoms with Crippen LogP contribution in [0.4, 0.5) is 0 Å². The van der Waals surface area contributed by atoms with E-state index in [1.165, 1.54) is 289 Å². The predicted molar refractivity (Wildman–Crippen MR) is 376 cm³/mol. The van der Waals surface area contributed by atoms with Gasteiger partial charge in [-0.15, -0.1) is 0 Å². The number of aliphatic hydroxyl groups is 1. The number of allylic oxidation sites excluding steroid dienone is 9. The summed E-state index contributed by atoms with van der Waals surface area (Å²) in [5, 5.41) is 14.0. The first-order valence-electron chi connectivity index (χ1n) is 37.7. The molecule has 506 valence electrons. The normalized spacial score (nSPS) is 13.9. The van der Waals surface area contributed by atoms with E-state index in [-0.39, 0.29) is 19.1 Å². The highest BCUT2D eigenvalue weighted by Gasteiger charge is 2.23. The third kappa shape index (κ3) is 69.7. The van der Waals surface area contributed by atoms with E-state index in [4.69, 9.17) is 9.05 Å². The summed E-state index contributed by atoms with van der Waals surface area (Å²) in [5.41, 5.74) is 0. The van der Waals surface area contributed by atoms with E-state index in [0.717, 1.165) is 64.2 Å². The molecule has 0 aromatic rings. The molecule has 9 heteroatoms. The molecule has 86 heavy (non-hydrogen) atoms. The molecule has 0 fully saturated rings. The summed E-state index contributed by atoms with van der Waals surface area (Å²) in [4.78, 5) is 25.7. The fraction of sp³-hybridized carbons (Fsp3) is 0.857. The Hall–Kier alpha value is -1.80. The summed E-state index contributed by atoms with van der Waals surface area (Å²) in [6, 6.07) is -0.887. The highest BCUT2D eigenvalue weighted by Crippen LogP contribution is 2.38. The summed E-state index contributed by atoms with van der Waals surface area (Å²) >= 11 is 0. The summed E-state index contributed by atoms with van der Waals surface area (Å²) in [5.74, 6) is -0.189. The van der Waals surface area contributed by atoms with Crippen molar-refractivity contribution in [2.24, 2.45) is 0 Å². The zero-order valence-electron chi connectivity index (χ0n) is 58.0. The molecule has 2 N–H and O–H groups in total. The average molecular weight is 1230 g/mol. The minimum absolute atomic E-state index is 0.000777. The van der Waals surface area contributed by atoms with Gasteiger partial charge in [-0.05, 0) is 57.8 Å². The molecule has 0 rings (SSSR count). The molecule has 3 atom stereocenters. The van der Waals surface area contributed by atoms with Crippen LogP contribution in [0.1, 0.15) is 373 Å². The van der Waals surface area contributed by atoms with E-state index < -0.39 is 20.0 Å². The largest absolute Gasteiger partial charge is 0.756 e. The number of unbranched alkanes of at least 4 members (excludes halogenated alkanes) is 49. The number of quaternary nitrogens is 1. The second kappa shape index (κ2) is 67.6. The van der Waals surface area contributed by atoms with Crippen molar-refractivity contribution in [1.82, 2.24) is 5.32 Å². The van der Waals surface area contributed by atoms with Gasteiger partial charge < -0.3 is 28.8 Å². The molecular weight excluding hydrogens is 1080 g/mol. The molecule has 8 nitrogen and oxygen atoms in total. The van der Waals surface area contributed by atoms with Crippen molar-refractivity contribution in [3.8, 4) is 0 Å². The van der Waals surface area contributed by atoms with Crippen LogP contribution in [0, 0.1) is 0 Å². The number of hydrogen-bond acceptors (Lipinski definition) is 6. The molecule has 1 amide bonds. The Bertz CT molecular complexity index is 1590. The molecule has 0 saturated heterocycles. The Balaban J connectivity index is 3.94. The lowest BCUT2D eigenvalue weighted by atomic mass is 10.0. The van der Waals surface area contributed by atoms with Crippen molar-refractivity contribution in [1.29, 1.82) is 0 Å². The first-order chi connectivity index (χ1) is 42.0. The van der Waals surface area contributed by atoms with Gasteiger partial charge in [0, 0.05) is 6.42 Å². The van der Waals surface area contributed by atoms with Crippen molar-refractivity contribution in [2.75, 3.05) is 40.9 Å². The van der Waals surface area contributed by atoms with Crippen molar-refractivity contribution in [3.05, 3.63) is 60.8 Å². The van der Waals surface area contributed by atoms with Gasteiger partial charge in [-0.3, -0.25) is 9.36 Å². The highest BCUT2D eigenvalue weighted by molar-refractivity contribution is 7.45. The second-order valence-electron chi connectivity index (χ2n) is 27.0. The van der Waals surface area contributed by atoms with Gasteiger partial charge >= 0.3 is 0 Å². The molecule has 0 aromatic heterocycles. The fourth-order valence-corrected chi connectivity index (χ4v) is 12.2. The van der Waals surface area contributed by atoms with Crippen molar-refractivity contribution >= 4 is 13.7 Å². The number of nitrogens with zero attached hydrogens (tertiary/aromatic N) is 1. The van der Waals surface area contributed by atoms with Gasteiger partial charge in [0.25, 0.3) is 7.82 Å².